The van der Waals surface area contributed by atoms with Crippen LogP contribution >= 0.6 is 24.8 Å². The van der Waals surface area contributed by atoms with Gasteiger partial charge in [-0.05, 0) is 48.9 Å². The highest BCUT2D eigenvalue weighted by Gasteiger charge is 2.19. The van der Waals surface area contributed by atoms with Crippen LogP contribution < -0.4 is 5.32 Å². The van der Waals surface area contributed by atoms with Crippen LogP contribution in [0, 0.1) is 23.3 Å². The zero-order valence-electron chi connectivity index (χ0n) is 15.3. The van der Waals surface area contributed by atoms with Crippen molar-refractivity contribution in [1.29, 1.82) is 0 Å². The summed E-state index contributed by atoms with van der Waals surface area (Å²) in [6.45, 7) is 7.73. The Morgan fingerprint density at radius 3 is 2.42 bits per heavy atom. The lowest BCUT2D eigenvalue weighted by molar-refractivity contribution is 0.613. The first-order chi connectivity index (χ1) is 11.5. The minimum atomic E-state index is -1.34. The normalized spacial score (nSPS) is 15.6. The van der Waals surface area contributed by atoms with Crippen LogP contribution in [0.5, 0.6) is 0 Å². The van der Waals surface area contributed by atoms with Crippen molar-refractivity contribution in [2.75, 3.05) is 6.54 Å². The Morgan fingerprint density at radius 2 is 1.81 bits per heavy atom. The predicted octanol–water partition coefficient (Wildman–Crippen LogP) is 4.58. The maximum Gasteiger partial charge on any atom is 0.130 e. The number of imidazole rings is 1. The number of aromatic nitrogens is 2. The average molecular weight is 406 g/mol. The quantitative estimate of drug-likeness (QED) is 0.566. The molecule has 0 spiro atoms. The van der Waals surface area contributed by atoms with E-state index in [2.05, 4.69) is 70.4 Å². The number of hydrogen-bond donors (Lipinski definition) is 2. The Balaban J connectivity index is 0.00000169. The maximum atomic E-state index is 4.52. The third kappa shape index (κ3) is 6.23. The summed E-state index contributed by atoms with van der Waals surface area (Å²) in [6, 6.07) is 8.60. The largest absolute Gasteiger partial charge is 0.341 e. The van der Waals surface area contributed by atoms with Crippen LogP contribution in [-0.4, -0.2) is 24.6 Å². The van der Waals surface area contributed by atoms with E-state index in [-0.39, 0.29) is 24.8 Å². The molecule has 3 nitrogen and oxygen atoms in total. The Hall–Kier alpha value is -1.69. The van der Waals surface area contributed by atoms with Gasteiger partial charge in [-0.2, -0.15) is 0 Å². The fourth-order valence-corrected chi connectivity index (χ4v) is 3.07. The first-order valence-corrected chi connectivity index (χ1v) is 11.9. The van der Waals surface area contributed by atoms with Gasteiger partial charge < -0.3 is 10.3 Å². The van der Waals surface area contributed by atoms with Crippen molar-refractivity contribution in [3.8, 4) is 34.6 Å². The first-order valence-electron chi connectivity index (χ1n) is 8.43. The van der Waals surface area contributed by atoms with E-state index >= 15 is 0 Å². The summed E-state index contributed by atoms with van der Waals surface area (Å²) in [5, 5.41) is 3.46. The highest BCUT2D eigenvalue weighted by molar-refractivity contribution is 6.83. The van der Waals surface area contributed by atoms with Crippen LogP contribution in [0.25, 0.3) is 11.3 Å². The Labute approximate surface area is 169 Å². The molecule has 138 valence electrons. The molecule has 1 aromatic carbocycles. The average Bonchev–Trinajstić information content (AvgIpc) is 3.22. The van der Waals surface area contributed by atoms with Gasteiger partial charge in [0, 0.05) is 5.56 Å². The van der Waals surface area contributed by atoms with Crippen LogP contribution in [0.3, 0.4) is 0 Å². The minimum absolute atomic E-state index is 0. The van der Waals surface area contributed by atoms with Gasteiger partial charge in [0.25, 0.3) is 0 Å². The molecule has 2 heterocycles. The Morgan fingerprint density at radius 1 is 1.08 bits per heavy atom. The summed E-state index contributed by atoms with van der Waals surface area (Å²) in [6.07, 6.45) is 4.28. The van der Waals surface area contributed by atoms with E-state index in [9.17, 15) is 0 Å². The number of aromatic amines is 1. The van der Waals surface area contributed by atoms with Crippen LogP contribution in [0.15, 0.2) is 30.5 Å². The van der Waals surface area contributed by atoms with E-state index in [1.165, 1.54) is 6.42 Å². The van der Waals surface area contributed by atoms with E-state index in [1.54, 1.807) is 0 Å². The van der Waals surface area contributed by atoms with Crippen molar-refractivity contribution in [2.24, 2.45) is 0 Å². The molecule has 1 unspecified atom stereocenters. The fourth-order valence-electron chi connectivity index (χ4n) is 2.63. The molecule has 26 heavy (non-hydrogen) atoms. The maximum absolute atomic E-state index is 4.52. The van der Waals surface area contributed by atoms with Gasteiger partial charge in [-0.3, -0.25) is 0 Å². The summed E-state index contributed by atoms with van der Waals surface area (Å²) < 4.78 is 0. The molecular formula is C20H25Cl2N3Si. The second kappa shape index (κ2) is 9.85. The third-order valence-electron chi connectivity index (χ3n) is 3.89. The lowest BCUT2D eigenvalue weighted by Gasteiger charge is -2.05. The van der Waals surface area contributed by atoms with Crippen molar-refractivity contribution in [1.82, 2.24) is 15.3 Å². The SMILES string of the molecule is C[Si](C)(C)C#CC#Cc1ccc(-c2cnc(C3CCCN3)[nH]2)cc1.Cl.Cl. The molecule has 3 rings (SSSR count). The Kier molecular flexibility index (Phi) is 8.47. The molecular weight excluding hydrogens is 381 g/mol. The summed E-state index contributed by atoms with van der Waals surface area (Å²) in [4.78, 5) is 7.95. The highest BCUT2D eigenvalue weighted by atomic mass is 35.5. The van der Waals surface area contributed by atoms with E-state index in [1.807, 2.05) is 18.3 Å². The standard InChI is InChI=1S/C20H23N3Si.2ClH/c1-24(2,3)14-5-4-7-16-9-11-17(12-10-16)19-15-22-20(23-19)18-8-6-13-21-18;;/h9-12,15,18,21H,6,8,13H2,1-3H3,(H,22,23);2*1H. The topological polar surface area (TPSA) is 40.7 Å². The molecule has 1 atom stereocenters. The summed E-state index contributed by atoms with van der Waals surface area (Å²) >= 11 is 0. The summed E-state index contributed by atoms with van der Waals surface area (Å²) in [5.41, 5.74) is 6.42. The van der Waals surface area contributed by atoms with Crippen LogP contribution in [0.4, 0.5) is 0 Å². The lowest BCUT2D eigenvalue weighted by atomic mass is 10.1. The molecule has 1 aliphatic heterocycles. The van der Waals surface area contributed by atoms with Crippen molar-refractivity contribution >= 4 is 32.9 Å². The molecule has 1 saturated heterocycles. The van der Waals surface area contributed by atoms with Crippen molar-refractivity contribution in [3.63, 3.8) is 0 Å². The van der Waals surface area contributed by atoms with Crippen LogP contribution in [-0.2, 0) is 0 Å². The monoisotopic (exact) mass is 405 g/mol. The van der Waals surface area contributed by atoms with Crippen LogP contribution in [0.2, 0.25) is 19.6 Å². The molecule has 2 aromatic rings. The third-order valence-corrected chi connectivity index (χ3v) is 4.76. The number of nitrogens with one attached hydrogen (secondary N) is 2. The second-order valence-electron chi connectivity index (χ2n) is 7.16. The summed E-state index contributed by atoms with van der Waals surface area (Å²) in [7, 11) is -1.34. The van der Waals surface area contributed by atoms with Gasteiger partial charge in [0.1, 0.15) is 13.9 Å². The van der Waals surface area contributed by atoms with Gasteiger partial charge in [0.15, 0.2) is 0 Å². The lowest BCUT2D eigenvalue weighted by Crippen LogP contribution is -2.16. The molecule has 0 aliphatic carbocycles. The molecule has 0 radical (unpaired) electrons. The van der Waals surface area contributed by atoms with Crippen molar-refractivity contribution in [3.05, 3.63) is 41.9 Å². The molecule has 1 aromatic heterocycles. The van der Waals surface area contributed by atoms with Gasteiger partial charge in [-0.15, -0.1) is 30.4 Å². The molecule has 0 amide bonds. The number of H-pyrrole nitrogens is 1. The van der Waals surface area contributed by atoms with E-state index in [0.717, 1.165) is 35.6 Å². The van der Waals surface area contributed by atoms with Gasteiger partial charge in [-0.25, -0.2) is 4.98 Å². The molecule has 1 fully saturated rings. The highest BCUT2D eigenvalue weighted by Crippen LogP contribution is 2.24. The number of benzene rings is 1. The number of hydrogen-bond acceptors (Lipinski definition) is 2. The zero-order valence-corrected chi connectivity index (χ0v) is 18.0. The van der Waals surface area contributed by atoms with E-state index in [4.69, 9.17) is 0 Å². The number of nitrogens with zero attached hydrogens (tertiary/aromatic N) is 1. The predicted molar refractivity (Wildman–Crippen MR) is 116 cm³/mol. The second-order valence-corrected chi connectivity index (χ2v) is 11.9. The number of rotatable bonds is 2. The minimum Gasteiger partial charge on any atom is -0.341 e. The number of halogens is 2. The van der Waals surface area contributed by atoms with Crippen molar-refractivity contribution < 1.29 is 0 Å². The fraction of sp³-hybridized carbons (Fsp3) is 0.350. The molecule has 2 N–H and O–H groups in total. The smallest absolute Gasteiger partial charge is 0.130 e. The van der Waals surface area contributed by atoms with Gasteiger partial charge in [0.2, 0.25) is 0 Å². The molecule has 1 aliphatic rings. The summed E-state index contributed by atoms with van der Waals surface area (Å²) in [5.74, 6) is 10.1. The molecule has 0 bridgehead atoms. The Bertz CT molecular complexity index is 824. The van der Waals surface area contributed by atoms with Gasteiger partial charge in [-0.1, -0.05) is 37.7 Å². The first kappa shape index (κ1) is 22.3. The molecule has 0 saturated carbocycles. The zero-order chi connectivity index (χ0) is 17.0. The van der Waals surface area contributed by atoms with Gasteiger partial charge >= 0.3 is 0 Å². The van der Waals surface area contributed by atoms with E-state index in [0.29, 0.717) is 6.04 Å². The molecule has 6 heteroatoms. The van der Waals surface area contributed by atoms with Gasteiger partial charge in [0.05, 0.1) is 17.9 Å². The van der Waals surface area contributed by atoms with Crippen LogP contribution in [0.1, 0.15) is 30.3 Å². The van der Waals surface area contributed by atoms with E-state index < -0.39 is 8.07 Å². The van der Waals surface area contributed by atoms with Crippen molar-refractivity contribution in [2.45, 2.75) is 38.5 Å².